The van der Waals surface area contributed by atoms with Crippen molar-refractivity contribution in [3.63, 3.8) is 0 Å². The molecule has 0 aliphatic heterocycles. The second kappa shape index (κ2) is 3.49. The lowest BCUT2D eigenvalue weighted by Crippen LogP contribution is -2.04. The fourth-order valence-corrected chi connectivity index (χ4v) is 1.12. The predicted molar refractivity (Wildman–Crippen MR) is 48.3 cm³/mol. The highest BCUT2D eigenvalue weighted by Crippen LogP contribution is 2.10. The molecule has 76 valence electrons. The molecule has 0 spiro atoms. The highest BCUT2D eigenvalue weighted by atomic mass is 19.1. The van der Waals surface area contributed by atoms with Crippen molar-refractivity contribution in [1.29, 1.82) is 0 Å². The summed E-state index contributed by atoms with van der Waals surface area (Å²) in [6, 6.07) is 4.86. The van der Waals surface area contributed by atoms with Gasteiger partial charge in [-0.25, -0.2) is 9.78 Å². The van der Waals surface area contributed by atoms with Gasteiger partial charge in [-0.2, -0.15) is 14.2 Å². The number of rotatable bonds is 2. The van der Waals surface area contributed by atoms with Crippen LogP contribution in [0.3, 0.4) is 0 Å². The maximum Gasteiger partial charge on any atom is 0.342 e. The Labute approximate surface area is 83.8 Å². The van der Waals surface area contributed by atoms with Gasteiger partial charge in [0.25, 0.3) is 0 Å². The average Bonchev–Trinajstić information content (AvgIpc) is 2.61. The SMILES string of the molecule is O=C(O)c1cnn(-c2ccccn2)c1F. The number of carboxylic acids is 1. The molecule has 0 amide bonds. The number of pyridine rings is 1. The van der Waals surface area contributed by atoms with E-state index in [0.29, 0.717) is 0 Å². The van der Waals surface area contributed by atoms with Crippen molar-refractivity contribution in [1.82, 2.24) is 14.8 Å². The molecule has 0 aliphatic carbocycles. The van der Waals surface area contributed by atoms with Crippen molar-refractivity contribution in [3.05, 3.63) is 42.1 Å². The Hall–Kier alpha value is -2.24. The summed E-state index contributed by atoms with van der Waals surface area (Å²) in [6.45, 7) is 0. The summed E-state index contributed by atoms with van der Waals surface area (Å²) < 4.78 is 14.3. The number of aromatic carboxylic acids is 1. The molecule has 0 fully saturated rings. The lowest BCUT2D eigenvalue weighted by atomic mass is 10.3. The quantitative estimate of drug-likeness (QED) is 0.800. The number of nitrogens with zero attached hydrogens (tertiary/aromatic N) is 3. The Balaban J connectivity index is 2.52. The van der Waals surface area contributed by atoms with Crippen molar-refractivity contribution in [2.45, 2.75) is 0 Å². The lowest BCUT2D eigenvalue weighted by Gasteiger charge is -1.99. The van der Waals surface area contributed by atoms with E-state index >= 15 is 0 Å². The van der Waals surface area contributed by atoms with E-state index in [1.807, 2.05) is 0 Å². The second-order valence-corrected chi connectivity index (χ2v) is 2.75. The lowest BCUT2D eigenvalue weighted by molar-refractivity contribution is 0.0691. The highest BCUT2D eigenvalue weighted by Gasteiger charge is 2.17. The summed E-state index contributed by atoms with van der Waals surface area (Å²) >= 11 is 0. The molecular weight excluding hydrogens is 201 g/mol. The molecule has 2 rings (SSSR count). The number of carbonyl (C=O) groups is 1. The van der Waals surface area contributed by atoms with E-state index in [1.54, 1.807) is 12.1 Å². The average molecular weight is 207 g/mol. The van der Waals surface area contributed by atoms with Crippen molar-refractivity contribution < 1.29 is 14.3 Å². The Morgan fingerprint density at radius 3 is 2.80 bits per heavy atom. The Morgan fingerprint density at radius 2 is 2.27 bits per heavy atom. The van der Waals surface area contributed by atoms with E-state index < -0.39 is 17.5 Å². The van der Waals surface area contributed by atoms with Gasteiger partial charge in [0.2, 0.25) is 5.95 Å². The third-order valence-electron chi connectivity index (χ3n) is 1.81. The number of carboxylic acid groups (broad SMARTS) is 1. The third kappa shape index (κ3) is 1.56. The van der Waals surface area contributed by atoms with Gasteiger partial charge in [0.05, 0.1) is 6.20 Å². The zero-order chi connectivity index (χ0) is 10.8. The summed E-state index contributed by atoms with van der Waals surface area (Å²) in [5, 5.41) is 12.2. The van der Waals surface area contributed by atoms with Crippen LogP contribution < -0.4 is 0 Å². The van der Waals surface area contributed by atoms with Gasteiger partial charge < -0.3 is 5.11 Å². The Morgan fingerprint density at radius 1 is 1.47 bits per heavy atom. The number of hydrogen-bond acceptors (Lipinski definition) is 3. The van der Waals surface area contributed by atoms with Gasteiger partial charge in [0, 0.05) is 6.20 Å². The molecule has 0 saturated heterocycles. The van der Waals surface area contributed by atoms with E-state index in [0.717, 1.165) is 10.9 Å². The zero-order valence-electron chi connectivity index (χ0n) is 7.46. The molecule has 0 unspecified atom stereocenters. The van der Waals surface area contributed by atoms with Crippen LogP contribution in [0.15, 0.2) is 30.6 Å². The van der Waals surface area contributed by atoms with Gasteiger partial charge in [-0.15, -0.1) is 0 Å². The largest absolute Gasteiger partial charge is 0.477 e. The minimum atomic E-state index is -1.35. The normalized spacial score (nSPS) is 10.2. The van der Waals surface area contributed by atoms with Crippen LogP contribution in [0, 0.1) is 5.95 Å². The molecule has 2 aromatic heterocycles. The molecule has 6 heteroatoms. The summed E-state index contributed by atoms with van der Waals surface area (Å²) in [5.74, 6) is -2.04. The first kappa shape index (κ1) is 9.32. The van der Waals surface area contributed by atoms with Crippen LogP contribution in [-0.4, -0.2) is 25.8 Å². The first-order valence-electron chi connectivity index (χ1n) is 4.08. The minimum Gasteiger partial charge on any atom is -0.477 e. The summed E-state index contributed by atoms with van der Waals surface area (Å²) in [7, 11) is 0. The van der Waals surface area contributed by atoms with Crippen molar-refractivity contribution >= 4 is 5.97 Å². The highest BCUT2D eigenvalue weighted by molar-refractivity contribution is 5.87. The predicted octanol–water partition coefficient (Wildman–Crippen LogP) is 1.10. The summed E-state index contributed by atoms with van der Waals surface area (Å²) in [6.07, 6.45) is 2.42. The summed E-state index contributed by atoms with van der Waals surface area (Å²) in [4.78, 5) is 14.4. The van der Waals surface area contributed by atoms with Crippen molar-refractivity contribution in [3.8, 4) is 5.82 Å². The molecule has 0 bridgehead atoms. The first-order chi connectivity index (χ1) is 7.20. The smallest absolute Gasteiger partial charge is 0.342 e. The maximum absolute atomic E-state index is 13.4. The van der Waals surface area contributed by atoms with Crippen LogP contribution in [0.4, 0.5) is 4.39 Å². The monoisotopic (exact) mass is 207 g/mol. The molecule has 0 atom stereocenters. The van der Waals surface area contributed by atoms with Crippen LogP contribution in [-0.2, 0) is 0 Å². The molecule has 0 radical (unpaired) electrons. The van der Waals surface area contributed by atoms with Crippen LogP contribution in [0.5, 0.6) is 0 Å². The molecule has 2 heterocycles. The molecule has 15 heavy (non-hydrogen) atoms. The van der Waals surface area contributed by atoms with E-state index in [2.05, 4.69) is 10.1 Å². The molecular formula is C9H6FN3O2. The van der Waals surface area contributed by atoms with Crippen LogP contribution >= 0.6 is 0 Å². The minimum absolute atomic E-state index is 0.238. The van der Waals surface area contributed by atoms with Gasteiger partial charge in [0.1, 0.15) is 5.56 Å². The van der Waals surface area contributed by atoms with Crippen molar-refractivity contribution in [2.24, 2.45) is 0 Å². The topological polar surface area (TPSA) is 68.0 Å². The van der Waals surface area contributed by atoms with E-state index in [1.165, 1.54) is 12.3 Å². The molecule has 1 N–H and O–H groups in total. The van der Waals surface area contributed by atoms with E-state index in [-0.39, 0.29) is 5.82 Å². The fraction of sp³-hybridized carbons (Fsp3) is 0. The number of aromatic nitrogens is 3. The van der Waals surface area contributed by atoms with Gasteiger partial charge in [0.15, 0.2) is 5.82 Å². The second-order valence-electron chi connectivity index (χ2n) is 2.75. The fourth-order valence-electron chi connectivity index (χ4n) is 1.12. The molecule has 0 aliphatic rings. The molecule has 0 saturated carbocycles. The van der Waals surface area contributed by atoms with Gasteiger partial charge in [-0.3, -0.25) is 0 Å². The summed E-state index contributed by atoms with van der Waals surface area (Å²) in [5.41, 5.74) is -0.472. The van der Waals surface area contributed by atoms with E-state index in [4.69, 9.17) is 5.11 Å². The Kier molecular flexibility index (Phi) is 2.17. The van der Waals surface area contributed by atoms with Crippen molar-refractivity contribution in [2.75, 3.05) is 0 Å². The van der Waals surface area contributed by atoms with Crippen LogP contribution in [0.25, 0.3) is 5.82 Å². The van der Waals surface area contributed by atoms with Gasteiger partial charge in [-0.05, 0) is 12.1 Å². The molecule has 5 nitrogen and oxygen atoms in total. The van der Waals surface area contributed by atoms with Crippen LogP contribution in [0.2, 0.25) is 0 Å². The van der Waals surface area contributed by atoms with Crippen LogP contribution in [0.1, 0.15) is 10.4 Å². The first-order valence-corrected chi connectivity index (χ1v) is 4.08. The number of hydrogen-bond donors (Lipinski definition) is 1. The van der Waals surface area contributed by atoms with Gasteiger partial charge >= 0.3 is 5.97 Å². The van der Waals surface area contributed by atoms with E-state index in [9.17, 15) is 9.18 Å². The molecule has 2 aromatic rings. The standard InChI is InChI=1S/C9H6FN3O2/c10-8-6(9(14)15)5-12-13(8)7-3-1-2-4-11-7/h1-5H,(H,14,15). The maximum atomic E-state index is 13.4. The Bertz CT molecular complexity index is 495. The number of halogens is 1. The zero-order valence-corrected chi connectivity index (χ0v) is 7.46. The van der Waals surface area contributed by atoms with Gasteiger partial charge in [-0.1, -0.05) is 6.07 Å². The third-order valence-corrected chi connectivity index (χ3v) is 1.81. The molecule has 0 aromatic carbocycles.